The van der Waals surface area contributed by atoms with E-state index in [9.17, 15) is 4.79 Å². The Hall–Kier alpha value is -1.73. The van der Waals surface area contributed by atoms with Gasteiger partial charge in [-0.15, -0.1) is 24.8 Å². The maximum atomic E-state index is 11.9. The average Bonchev–Trinajstić information content (AvgIpc) is 2.34. The molecule has 0 aliphatic carbocycles. The first-order valence-electron chi connectivity index (χ1n) is 5.11. The fraction of sp³-hybridized carbons (Fsp3) is 0.333. The summed E-state index contributed by atoms with van der Waals surface area (Å²) in [7, 11) is 0. The molecular formula is C12H16ClN3O. The molecule has 0 bridgehead atoms. The zero-order chi connectivity index (χ0) is 13.1. The number of carbonyl (C=O) groups is 1. The zero-order valence-electron chi connectivity index (χ0n) is 9.66. The second-order valence-electron chi connectivity index (χ2n) is 3.10. The van der Waals surface area contributed by atoms with Gasteiger partial charge in [0.2, 0.25) is 0 Å². The van der Waals surface area contributed by atoms with Crippen molar-refractivity contribution in [2.45, 2.75) is 0 Å². The lowest BCUT2D eigenvalue weighted by Crippen LogP contribution is -2.32. The number of nitrogens with zero attached hydrogens (tertiary/aromatic N) is 2. The largest absolute Gasteiger partial charge is 0.388 e. The molecule has 0 aromatic rings. The normalized spacial score (nSPS) is 10.2. The number of halogens is 1. The Kier molecular flexibility index (Phi) is 8.53. The summed E-state index contributed by atoms with van der Waals surface area (Å²) in [5.41, 5.74) is 0.0406. The van der Waals surface area contributed by atoms with Crippen LogP contribution in [-0.2, 0) is 4.79 Å². The highest BCUT2D eigenvalue weighted by Crippen LogP contribution is 2.01. The molecule has 0 saturated heterocycles. The van der Waals surface area contributed by atoms with Gasteiger partial charge in [0.25, 0.3) is 5.91 Å². The van der Waals surface area contributed by atoms with Crippen molar-refractivity contribution < 1.29 is 4.79 Å². The van der Waals surface area contributed by atoms with Crippen molar-refractivity contribution in [2.24, 2.45) is 0 Å². The van der Waals surface area contributed by atoms with Gasteiger partial charge in [-0.1, -0.05) is 12.2 Å². The van der Waals surface area contributed by atoms with E-state index in [1.54, 1.807) is 12.2 Å². The van der Waals surface area contributed by atoms with Crippen LogP contribution in [-0.4, -0.2) is 36.3 Å². The molecule has 0 atom stereocenters. The van der Waals surface area contributed by atoms with E-state index in [1.165, 1.54) is 11.1 Å². The summed E-state index contributed by atoms with van der Waals surface area (Å²) in [6, 6.07) is 1.85. The minimum absolute atomic E-state index is 0.0406. The fourth-order valence-electron chi connectivity index (χ4n) is 1.09. The Morgan fingerprint density at radius 3 is 2.41 bits per heavy atom. The Bertz CT molecular complexity index is 334. The van der Waals surface area contributed by atoms with Crippen LogP contribution in [0.1, 0.15) is 0 Å². The molecule has 0 unspecified atom stereocenters. The summed E-state index contributed by atoms with van der Waals surface area (Å²) in [5, 5.41) is 11.7. The fourth-order valence-corrected chi connectivity index (χ4v) is 1.20. The summed E-state index contributed by atoms with van der Waals surface area (Å²) in [6.45, 7) is 8.38. The summed E-state index contributed by atoms with van der Waals surface area (Å²) in [5.74, 6) is 0.0567. The third-order valence-electron chi connectivity index (χ3n) is 1.82. The van der Waals surface area contributed by atoms with Gasteiger partial charge in [-0.05, 0) is 0 Å². The molecule has 17 heavy (non-hydrogen) atoms. The first-order valence-corrected chi connectivity index (χ1v) is 5.65. The van der Waals surface area contributed by atoms with E-state index in [2.05, 4.69) is 18.5 Å². The maximum absolute atomic E-state index is 11.9. The second kappa shape index (κ2) is 9.49. The van der Waals surface area contributed by atoms with Crippen molar-refractivity contribution in [3.63, 3.8) is 0 Å². The smallest absolute Gasteiger partial charge is 0.266 e. The molecule has 0 saturated carbocycles. The minimum atomic E-state index is -0.352. The Labute approximate surface area is 107 Å². The summed E-state index contributed by atoms with van der Waals surface area (Å²) in [6.07, 6.45) is 4.58. The van der Waals surface area contributed by atoms with E-state index in [-0.39, 0.29) is 11.5 Å². The number of carbonyl (C=O) groups excluding carboxylic acids is 1. The number of nitrogens with one attached hydrogen (secondary N) is 1. The highest BCUT2D eigenvalue weighted by atomic mass is 35.5. The van der Waals surface area contributed by atoms with Crippen molar-refractivity contribution in [3.05, 3.63) is 37.1 Å². The predicted molar refractivity (Wildman–Crippen MR) is 69.4 cm³/mol. The van der Waals surface area contributed by atoms with Gasteiger partial charge in [-0.2, -0.15) is 5.26 Å². The summed E-state index contributed by atoms with van der Waals surface area (Å²) >= 11 is 5.47. The van der Waals surface area contributed by atoms with Gasteiger partial charge in [0.05, 0.1) is 0 Å². The zero-order valence-corrected chi connectivity index (χ0v) is 10.4. The van der Waals surface area contributed by atoms with E-state index in [4.69, 9.17) is 16.9 Å². The van der Waals surface area contributed by atoms with E-state index < -0.39 is 0 Å². The SMILES string of the molecule is C=CCN(CC=C)C(=O)/C(C#N)=C\NCCCl. The van der Waals surface area contributed by atoms with Crippen LogP contribution in [0.3, 0.4) is 0 Å². The number of amides is 1. The summed E-state index contributed by atoms with van der Waals surface area (Å²) in [4.78, 5) is 13.4. The molecule has 5 heteroatoms. The Morgan fingerprint density at radius 2 is 2.00 bits per heavy atom. The minimum Gasteiger partial charge on any atom is -0.388 e. The molecule has 0 aliphatic rings. The summed E-state index contributed by atoms with van der Waals surface area (Å²) < 4.78 is 0. The molecule has 1 amide bonds. The van der Waals surface area contributed by atoms with E-state index >= 15 is 0 Å². The van der Waals surface area contributed by atoms with Crippen LogP contribution in [0.4, 0.5) is 0 Å². The molecular weight excluding hydrogens is 238 g/mol. The molecule has 4 nitrogen and oxygen atoms in total. The first-order chi connectivity index (χ1) is 8.21. The van der Waals surface area contributed by atoms with E-state index in [0.29, 0.717) is 25.5 Å². The third-order valence-corrected chi connectivity index (χ3v) is 2.01. The van der Waals surface area contributed by atoms with Crippen LogP contribution in [0, 0.1) is 11.3 Å². The Morgan fingerprint density at radius 1 is 1.41 bits per heavy atom. The van der Waals surface area contributed by atoms with Gasteiger partial charge in [0.1, 0.15) is 11.6 Å². The average molecular weight is 254 g/mol. The highest BCUT2D eigenvalue weighted by molar-refractivity contribution is 6.18. The lowest BCUT2D eigenvalue weighted by atomic mass is 10.2. The Balaban J connectivity index is 4.69. The molecule has 0 fully saturated rings. The van der Waals surface area contributed by atoms with Crippen LogP contribution in [0.15, 0.2) is 37.1 Å². The second-order valence-corrected chi connectivity index (χ2v) is 3.48. The van der Waals surface area contributed by atoms with Gasteiger partial charge in [0, 0.05) is 31.7 Å². The van der Waals surface area contributed by atoms with Crippen molar-refractivity contribution >= 4 is 17.5 Å². The van der Waals surface area contributed by atoms with Crippen LogP contribution < -0.4 is 5.32 Å². The first kappa shape index (κ1) is 15.3. The number of rotatable bonds is 8. The van der Waals surface area contributed by atoms with Crippen LogP contribution in [0.25, 0.3) is 0 Å². The molecule has 1 N–H and O–H groups in total. The van der Waals surface area contributed by atoms with Gasteiger partial charge < -0.3 is 10.2 Å². The lowest BCUT2D eigenvalue weighted by molar-refractivity contribution is -0.125. The van der Waals surface area contributed by atoms with Gasteiger partial charge >= 0.3 is 0 Å². The predicted octanol–water partition coefficient (Wildman–Crippen LogP) is 1.42. The van der Waals surface area contributed by atoms with E-state index in [0.717, 1.165) is 0 Å². The standard InChI is InChI=1S/C12H16ClN3O/c1-3-7-16(8-4-2)12(17)11(9-14)10-15-6-5-13/h3-4,10,15H,1-2,5-8H2/b11-10-. The van der Waals surface area contributed by atoms with Gasteiger partial charge in [0.15, 0.2) is 0 Å². The van der Waals surface area contributed by atoms with Crippen molar-refractivity contribution in [3.8, 4) is 6.07 Å². The topological polar surface area (TPSA) is 56.1 Å². The van der Waals surface area contributed by atoms with Gasteiger partial charge in [-0.3, -0.25) is 4.79 Å². The number of nitriles is 1. The van der Waals surface area contributed by atoms with E-state index in [1.807, 2.05) is 6.07 Å². The number of hydrogen-bond acceptors (Lipinski definition) is 3. The monoisotopic (exact) mass is 253 g/mol. The molecule has 0 heterocycles. The molecule has 0 aromatic heterocycles. The molecule has 0 spiro atoms. The lowest BCUT2D eigenvalue weighted by Gasteiger charge is -2.18. The molecule has 0 aromatic carbocycles. The van der Waals surface area contributed by atoms with Crippen LogP contribution in [0.2, 0.25) is 0 Å². The number of hydrogen-bond donors (Lipinski definition) is 1. The van der Waals surface area contributed by atoms with Crippen LogP contribution >= 0.6 is 11.6 Å². The molecule has 0 rings (SSSR count). The number of alkyl halides is 1. The highest BCUT2D eigenvalue weighted by Gasteiger charge is 2.15. The third kappa shape index (κ3) is 5.79. The van der Waals surface area contributed by atoms with Gasteiger partial charge in [-0.25, -0.2) is 0 Å². The molecule has 0 aliphatic heterocycles. The van der Waals surface area contributed by atoms with Crippen LogP contribution in [0.5, 0.6) is 0 Å². The maximum Gasteiger partial charge on any atom is 0.266 e. The quantitative estimate of drug-likeness (QED) is 0.234. The van der Waals surface area contributed by atoms with Crippen molar-refractivity contribution in [2.75, 3.05) is 25.5 Å². The van der Waals surface area contributed by atoms with Crippen molar-refractivity contribution in [1.82, 2.24) is 10.2 Å². The van der Waals surface area contributed by atoms with Crippen molar-refractivity contribution in [1.29, 1.82) is 5.26 Å². The molecule has 92 valence electrons. The molecule has 0 radical (unpaired) electrons.